The predicted molar refractivity (Wildman–Crippen MR) is 84.4 cm³/mol. The first kappa shape index (κ1) is 15.2. The third kappa shape index (κ3) is 3.65. The van der Waals surface area contributed by atoms with Gasteiger partial charge >= 0.3 is 0 Å². The van der Waals surface area contributed by atoms with E-state index in [1.54, 1.807) is 11.3 Å². The van der Waals surface area contributed by atoms with Gasteiger partial charge in [0.2, 0.25) is 0 Å². The van der Waals surface area contributed by atoms with Crippen molar-refractivity contribution in [3.63, 3.8) is 0 Å². The van der Waals surface area contributed by atoms with E-state index >= 15 is 0 Å². The molecule has 0 aliphatic heterocycles. The Labute approximate surface area is 124 Å². The maximum atomic E-state index is 5.41. The summed E-state index contributed by atoms with van der Waals surface area (Å²) in [6.07, 6.45) is 0. The van der Waals surface area contributed by atoms with E-state index in [2.05, 4.69) is 38.6 Å². The highest BCUT2D eigenvalue weighted by Gasteiger charge is 2.10. The molecule has 0 saturated carbocycles. The number of anilines is 1. The van der Waals surface area contributed by atoms with E-state index < -0.39 is 0 Å². The van der Waals surface area contributed by atoms with Crippen LogP contribution in [0.3, 0.4) is 0 Å². The van der Waals surface area contributed by atoms with Gasteiger partial charge in [-0.25, -0.2) is 9.97 Å². The number of hydrogen-bond donors (Lipinski definition) is 1. The average molecular weight is 294 g/mol. The summed E-state index contributed by atoms with van der Waals surface area (Å²) in [5, 5.41) is 6.30. The second-order valence-corrected chi connectivity index (χ2v) is 5.34. The number of nitrogens with one attached hydrogen (secondary N) is 1. The molecule has 0 aromatic carbocycles. The summed E-state index contributed by atoms with van der Waals surface area (Å²) in [7, 11) is 1.90. The molecule has 6 heteroatoms. The number of ether oxygens (including phenoxy) is 1. The Bertz CT molecular complexity index is 543. The summed E-state index contributed by atoms with van der Waals surface area (Å²) >= 11 is 1.65. The molecule has 0 saturated heterocycles. The largest absolute Gasteiger partial charge is 0.380 e. The second kappa shape index (κ2) is 7.52. The van der Waals surface area contributed by atoms with Gasteiger partial charge in [0.15, 0.2) is 0 Å². The van der Waals surface area contributed by atoms with Crippen molar-refractivity contribution in [2.75, 3.05) is 38.7 Å². The van der Waals surface area contributed by atoms with E-state index in [4.69, 9.17) is 4.74 Å². The number of thiophene rings is 1. The molecule has 2 heterocycles. The van der Waals surface area contributed by atoms with Crippen LogP contribution in [-0.2, 0) is 11.3 Å². The lowest BCUT2D eigenvalue weighted by Crippen LogP contribution is -2.28. The Morgan fingerprint density at radius 2 is 2.20 bits per heavy atom. The Morgan fingerprint density at radius 3 is 2.90 bits per heavy atom. The number of fused-ring (bicyclic) bond motifs is 1. The van der Waals surface area contributed by atoms with Crippen molar-refractivity contribution >= 4 is 27.4 Å². The Balaban J connectivity index is 2.11. The van der Waals surface area contributed by atoms with E-state index in [1.165, 1.54) is 0 Å². The average Bonchev–Trinajstić information content (AvgIpc) is 2.93. The number of likely N-dealkylation sites (N-methyl/N-ethyl adjacent to an activating group) is 1. The van der Waals surface area contributed by atoms with Crippen LogP contribution >= 0.6 is 11.3 Å². The van der Waals surface area contributed by atoms with Crippen molar-refractivity contribution in [3.05, 3.63) is 17.3 Å². The summed E-state index contributed by atoms with van der Waals surface area (Å²) in [6, 6.07) is 2.06. The second-order valence-electron chi connectivity index (χ2n) is 4.44. The quantitative estimate of drug-likeness (QED) is 0.758. The summed E-state index contributed by atoms with van der Waals surface area (Å²) in [5.74, 6) is 1.77. The molecule has 0 amide bonds. The molecule has 0 unspecified atom stereocenters. The van der Waals surface area contributed by atoms with E-state index in [1.807, 2.05) is 14.0 Å². The summed E-state index contributed by atoms with van der Waals surface area (Å²) in [5.41, 5.74) is 0. The van der Waals surface area contributed by atoms with Gasteiger partial charge in [0, 0.05) is 20.2 Å². The third-order valence-corrected chi connectivity index (χ3v) is 3.98. The molecule has 2 aromatic rings. The Hall–Kier alpha value is -1.24. The first-order valence-electron chi connectivity index (χ1n) is 7.00. The molecule has 5 nitrogen and oxygen atoms in total. The lowest BCUT2D eigenvalue weighted by Gasteiger charge is -2.19. The Kier molecular flexibility index (Phi) is 5.70. The minimum Gasteiger partial charge on any atom is -0.380 e. The lowest BCUT2D eigenvalue weighted by molar-refractivity contribution is 0.112. The monoisotopic (exact) mass is 294 g/mol. The lowest BCUT2D eigenvalue weighted by atomic mass is 10.3. The topological polar surface area (TPSA) is 50.3 Å². The van der Waals surface area contributed by atoms with Crippen LogP contribution < -0.4 is 5.32 Å². The van der Waals surface area contributed by atoms with E-state index in [9.17, 15) is 0 Å². The maximum absolute atomic E-state index is 5.41. The molecule has 110 valence electrons. The van der Waals surface area contributed by atoms with Gasteiger partial charge < -0.3 is 10.1 Å². The SMILES string of the molecule is CCOCCN(CC)Cc1nc(NC)c2ccsc2n1. The molecule has 0 radical (unpaired) electrons. The van der Waals surface area contributed by atoms with E-state index in [-0.39, 0.29) is 0 Å². The minimum atomic E-state index is 0.754. The van der Waals surface area contributed by atoms with Crippen molar-refractivity contribution in [1.29, 1.82) is 0 Å². The van der Waals surface area contributed by atoms with Gasteiger partial charge in [0.1, 0.15) is 16.5 Å². The highest BCUT2D eigenvalue weighted by atomic mass is 32.1. The normalized spacial score (nSPS) is 11.4. The molecular weight excluding hydrogens is 272 g/mol. The summed E-state index contributed by atoms with van der Waals surface area (Å²) < 4.78 is 5.41. The highest BCUT2D eigenvalue weighted by Crippen LogP contribution is 2.24. The van der Waals surface area contributed by atoms with Crippen molar-refractivity contribution in [3.8, 4) is 0 Å². The standard InChI is InChI=1S/C14H22N4OS/c1-4-18(7-8-19-5-2)10-12-16-13(15-3)11-6-9-20-14(11)17-12/h6,9H,4-5,7-8,10H2,1-3H3,(H,15,16,17). The van der Waals surface area contributed by atoms with Crippen LogP contribution in [0.5, 0.6) is 0 Å². The van der Waals surface area contributed by atoms with Gasteiger partial charge in [-0.15, -0.1) is 11.3 Å². The van der Waals surface area contributed by atoms with Gasteiger partial charge in [0.25, 0.3) is 0 Å². The van der Waals surface area contributed by atoms with Crippen molar-refractivity contribution in [2.45, 2.75) is 20.4 Å². The molecule has 2 aromatic heterocycles. The van der Waals surface area contributed by atoms with Crippen LogP contribution in [0.15, 0.2) is 11.4 Å². The molecule has 0 bridgehead atoms. The molecule has 0 atom stereocenters. The molecule has 1 N–H and O–H groups in total. The number of rotatable bonds is 8. The van der Waals surface area contributed by atoms with Crippen LogP contribution in [0, 0.1) is 0 Å². The van der Waals surface area contributed by atoms with Crippen LogP contribution in [0.25, 0.3) is 10.2 Å². The summed E-state index contributed by atoms with van der Waals surface area (Å²) in [6.45, 7) is 8.31. The number of hydrogen-bond acceptors (Lipinski definition) is 6. The zero-order valence-corrected chi connectivity index (χ0v) is 13.2. The van der Waals surface area contributed by atoms with Gasteiger partial charge in [0.05, 0.1) is 18.5 Å². The van der Waals surface area contributed by atoms with Gasteiger partial charge in [-0.1, -0.05) is 6.92 Å². The zero-order chi connectivity index (χ0) is 14.4. The van der Waals surface area contributed by atoms with Gasteiger partial charge in [-0.2, -0.15) is 0 Å². The molecular formula is C14H22N4OS. The fourth-order valence-electron chi connectivity index (χ4n) is 2.05. The minimum absolute atomic E-state index is 0.754. The molecule has 0 spiro atoms. The fourth-order valence-corrected chi connectivity index (χ4v) is 2.83. The van der Waals surface area contributed by atoms with E-state index in [0.717, 1.165) is 54.7 Å². The van der Waals surface area contributed by atoms with Crippen molar-refractivity contribution in [2.24, 2.45) is 0 Å². The number of aromatic nitrogens is 2. The van der Waals surface area contributed by atoms with Gasteiger partial charge in [-0.3, -0.25) is 4.90 Å². The highest BCUT2D eigenvalue weighted by molar-refractivity contribution is 7.16. The molecule has 20 heavy (non-hydrogen) atoms. The molecule has 0 aliphatic rings. The van der Waals surface area contributed by atoms with Crippen LogP contribution in [0.4, 0.5) is 5.82 Å². The third-order valence-electron chi connectivity index (χ3n) is 3.18. The smallest absolute Gasteiger partial charge is 0.146 e. The van der Waals surface area contributed by atoms with Gasteiger partial charge in [-0.05, 0) is 24.9 Å². The predicted octanol–water partition coefficient (Wildman–Crippen LogP) is 2.59. The summed E-state index contributed by atoms with van der Waals surface area (Å²) in [4.78, 5) is 12.6. The molecule has 2 rings (SSSR count). The van der Waals surface area contributed by atoms with Crippen LogP contribution in [0.2, 0.25) is 0 Å². The Morgan fingerprint density at radius 1 is 1.35 bits per heavy atom. The maximum Gasteiger partial charge on any atom is 0.146 e. The van der Waals surface area contributed by atoms with Crippen LogP contribution in [-0.4, -0.2) is 48.2 Å². The first-order chi connectivity index (χ1) is 9.78. The van der Waals surface area contributed by atoms with Crippen molar-refractivity contribution < 1.29 is 4.74 Å². The first-order valence-corrected chi connectivity index (χ1v) is 7.88. The molecule has 0 fully saturated rings. The fraction of sp³-hybridized carbons (Fsp3) is 0.571. The van der Waals surface area contributed by atoms with Crippen LogP contribution in [0.1, 0.15) is 19.7 Å². The number of nitrogens with zero attached hydrogens (tertiary/aromatic N) is 3. The van der Waals surface area contributed by atoms with E-state index in [0.29, 0.717) is 0 Å². The zero-order valence-electron chi connectivity index (χ0n) is 12.3. The van der Waals surface area contributed by atoms with Crippen molar-refractivity contribution in [1.82, 2.24) is 14.9 Å². The molecule has 0 aliphatic carbocycles.